The molecule has 0 N–H and O–H groups in total. The minimum absolute atomic E-state index is 0.841. The molecule has 0 spiro atoms. The van der Waals surface area contributed by atoms with Crippen LogP contribution in [0.25, 0.3) is 0 Å². The molecule has 0 aliphatic heterocycles. The smallest absolute Gasteiger partial charge is 0.0465 e. The maximum atomic E-state index is 5.15. The SMILES string of the molecule is CCOCCCCC[S]. The molecule has 0 fully saturated rings. The quantitative estimate of drug-likeness (QED) is 0.524. The molecule has 0 aromatic rings. The van der Waals surface area contributed by atoms with Gasteiger partial charge in [0.2, 0.25) is 0 Å². The van der Waals surface area contributed by atoms with E-state index in [0.29, 0.717) is 0 Å². The Bertz CT molecular complexity index is 42.2. The van der Waals surface area contributed by atoms with Gasteiger partial charge in [0.05, 0.1) is 0 Å². The van der Waals surface area contributed by atoms with Crippen LogP contribution in [0.15, 0.2) is 0 Å². The molecule has 1 radical (unpaired) electrons. The van der Waals surface area contributed by atoms with Crippen molar-refractivity contribution in [3.8, 4) is 0 Å². The molecule has 0 saturated heterocycles. The van der Waals surface area contributed by atoms with Gasteiger partial charge in [-0.2, -0.15) is 0 Å². The van der Waals surface area contributed by atoms with Crippen molar-refractivity contribution in [2.45, 2.75) is 26.2 Å². The Kier molecular flexibility index (Phi) is 8.60. The molecule has 0 saturated carbocycles. The summed E-state index contributed by atoms with van der Waals surface area (Å²) in [4.78, 5) is 0. The summed E-state index contributed by atoms with van der Waals surface area (Å²) in [5, 5.41) is 0. The van der Waals surface area contributed by atoms with Crippen LogP contribution >= 0.6 is 12.6 Å². The molecule has 0 aliphatic carbocycles. The van der Waals surface area contributed by atoms with Gasteiger partial charge in [-0.15, -0.1) is 0 Å². The van der Waals surface area contributed by atoms with E-state index in [1.54, 1.807) is 0 Å². The van der Waals surface area contributed by atoms with E-state index < -0.39 is 0 Å². The van der Waals surface area contributed by atoms with Crippen LogP contribution in [0, 0.1) is 0 Å². The maximum absolute atomic E-state index is 5.15. The molecule has 2 heteroatoms. The summed E-state index contributed by atoms with van der Waals surface area (Å²) in [5.74, 6) is 0.895. The van der Waals surface area contributed by atoms with Crippen LogP contribution in [-0.4, -0.2) is 19.0 Å². The summed E-state index contributed by atoms with van der Waals surface area (Å²) in [6.07, 6.45) is 3.57. The fourth-order valence-corrected chi connectivity index (χ4v) is 0.831. The molecule has 55 valence electrons. The van der Waals surface area contributed by atoms with Gasteiger partial charge in [0.1, 0.15) is 0 Å². The van der Waals surface area contributed by atoms with Crippen molar-refractivity contribution in [1.29, 1.82) is 0 Å². The number of ether oxygens (including phenoxy) is 1. The fraction of sp³-hybridized carbons (Fsp3) is 1.00. The summed E-state index contributed by atoms with van der Waals surface area (Å²) in [7, 11) is 0. The molecule has 0 bridgehead atoms. The third-order valence-corrected chi connectivity index (χ3v) is 1.43. The normalized spacial score (nSPS) is 10.0. The Hall–Kier alpha value is 0.310. The molecule has 0 heterocycles. The first-order valence-electron chi connectivity index (χ1n) is 3.57. The Balaban J connectivity index is 2.60. The lowest BCUT2D eigenvalue weighted by atomic mass is 10.3. The molecule has 0 rings (SSSR count). The second-order valence-corrected chi connectivity index (χ2v) is 2.37. The maximum Gasteiger partial charge on any atom is 0.0465 e. The van der Waals surface area contributed by atoms with Gasteiger partial charge in [0, 0.05) is 19.0 Å². The number of hydrogen-bond acceptors (Lipinski definition) is 1. The lowest BCUT2D eigenvalue weighted by Gasteiger charge is -1.98. The zero-order valence-corrected chi connectivity index (χ0v) is 6.88. The molecule has 0 aromatic carbocycles. The Morgan fingerprint density at radius 2 is 2.00 bits per heavy atom. The minimum Gasteiger partial charge on any atom is -0.382 e. The van der Waals surface area contributed by atoms with E-state index in [4.69, 9.17) is 17.4 Å². The zero-order valence-electron chi connectivity index (χ0n) is 6.06. The molecule has 0 aromatic heterocycles. The third-order valence-electron chi connectivity index (χ3n) is 1.14. The van der Waals surface area contributed by atoms with Crippen molar-refractivity contribution in [2.75, 3.05) is 19.0 Å². The molecule has 0 amide bonds. The highest BCUT2D eigenvalue weighted by Crippen LogP contribution is 1.96. The lowest BCUT2D eigenvalue weighted by Crippen LogP contribution is -1.92. The van der Waals surface area contributed by atoms with Crippen LogP contribution < -0.4 is 0 Å². The highest BCUT2D eigenvalue weighted by molar-refractivity contribution is 7.80. The Morgan fingerprint density at radius 1 is 1.22 bits per heavy atom. The summed E-state index contributed by atoms with van der Waals surface area (Å²) in [5.41, 5.74) is 0. The van der Waals surface area contributed by atoms with Crippen molar-refractivity contribution < 1.29 is 4.74 Å². The predicted molar refractivity (Wildman–Crippen MR) is 42.8 cm³/mol. The van der Waals surface area contributed by atoms with Crippen molar-refractivity contribution in [1.82, 2.24) is 0 Å². The molecule has 1 nitrogen and oxygen atoms in total. The van der Waals surface area contributed by atoms with Gasteiger partial charge < -0.3 is 4.74 Å². The fourth-order valence-electron chi connectivity index (χ4n) is 0.627. The van der Waals surface area contributed by atoms with Crippen molar-refractivity contribution in [3.05, 3.63) is 0 Å². The monoisotopic (exact) mass is 147 g/mol. The van der Waals surface area contributed by atoms with Gasteiger partial charge in [0.15, 0.2) is 0 Å². The summed E-state index contributed by atoms with van der Waals surface area (Å²) in [6, 6.07) is 0. The van der Waals surface area contributed by atoms with Crippen LogP contribution in [0.2, 0.25) is 0 Å². The van der Waals surface area contributed by atoms with Gasteiger partial charge in [-0.1, -0.05) is 19.0 Å². The molecule has 0 aliphatic rings. The van der Waals surface area contributed by atoms with E-state index in [1.807, 2.05) is 6.92 Å². The van der Waals surface area contributed by atoms with Gasteiger partial charge in [-0.05, 0) is 19.8 Å². The molecular weight excluding hydrogens is 132 g/mol. The average molecular weight is 147 g/mol. The highest BCUT2D eigenvalue weighted by atomic mass is 32.1. The van der Waals surface area contributed by atoms with E-state index >= 15 is 0 Å². The number of rotatable bonds is 6. The van der Waals surface area contributed by atoms with E-state index in [2.05, 4.69) is 0 Å². The van der Waals surface area contributed by atoms with Crippen molar-refractivity contribution in [2.24, 2.45) is 0 Å². The average Bonchev–Trinajstić information content (AvgIpc) is 1.89. The first-order chi connectivity index (χ1) is 4.41. The lowest BCUT2D eigenvalue weighted by molar-refractivity contribution is 0.143. The molecule has 9 heavy (non-hydrogen) atoms. The van der Waals surface area contributed by atoms with Gasteiger partial charge >= 0.3 is 0 Å². The van der Waals surface area contributed by atoms with Crippen LogP contribution in [0.1, 0.15) is 26.2 Å². The van der Waals surface area contributed by atoms with E-state index in [0.717, 1.165) is 19.0 Å². The van der Waals surface area contributed by atoms with E-state index in [-0.39, 0.29) is 0 Å². The van der Waals surface area contributed by atoms with Crippen LogP contribution in [-0.2, 0) is 4.74 Å². The van der Waals surface area contributed by atoms with Crippen LogP contribution in [0.4, 0.5) is 0 Å². The predicted octanol–water partition coefficient (Wildman–Crippen LogP) is 2.39. The summed E-state index contributed by atoms with van der Waals surface area (Å²) in [6.45, 7) is 3.77. The highest BCUT2D eigenvalue weighted by Gasteiger charge is 1.85. The van der Waals surface area contributed by atoms with E-state index in [1.165, 1.54) is 19.3 Å². The van der Waals surface area contributed by atoms with Crippen LogP contribution in [0.5, 0.6) is 0 Å². The minimum atomic E-state index is 0.841. The van der Waals surface area contributed by atoms with Gasteiger partial charge in [-0.25, -0.2) is 0 Å². The second kappa shape index (κ2) is 8.31. The summed E-state index contributed by atoms with van der Waals surface area (Å²) >= 11 is 4.79. The third kappa shape index (κ3) is 8.31. The Labute approximate surface area is 63.2 Å². The standard InChI is InChI=1S/C7H15OS/c1-2-8-6-4-3-5-7-9/h2-7H2,1H3. The molecule has 0 unspecified atom stereocenters. The zero-order chi connectivity index (χ0) is 6.95. The van der Waals surface area contributed by atoms with Crippen molar-refractivity contribution >= 4 is 12.6 Å². The molecule has 0 atom stereocenters. The first-order valence-corrected chi connectivity index (χ1v) is 4.15. The summed E-state index contributed by atoms with van der Waals surface area (Å²) < 4.78 is 5.15. The van der Waals surface area contributed by atoms with Gasteiger partial charge in [0.25, 0.3) is 0 Å². The van der Waals surface area contributed by atoms with Gasteiger partial charge in [-0.3, -0.25) is 0 Å². The Morgan fingerprint density at radius 3 is 2.56 bits per heavy atom. The largest absolute Gasteiger partial charge is 0.382 e. The first kappa shape index (κ1) is 9.31. The number of hydrogen-bond donors (Lipinski definition) is 0. The van der Waals surface area contributed by atoms with Crippen LogP contribution in [0.3, 0.4) is 0 Å². The number of unbranched alkanes of at least 4 members (excludes halogenated alkanes) is 2. The van der Waals surface area contributed by atoms with Crippen molar-refractivity contribution in [3.63, 3.8) is 0 Å². The topological polar surface area (TPSA) is 9.23 Å². The van der Waals surface area contributed by atoms with E-state index in [9.17, 15) is 0 Å². The molecular formula is C7H15OS. The second-order valence-electron chi connectivity index (χ2n) is 1.96.